The lowest BCUT2D eigenvalue weighted by Gasteiger charge is -2.27. The minimum Gasteiger partial charge on any atom is -0.504 e. The van der Waals surface area contributed by atoms with E-state index >= 15 is 0 Å². The Kier molecular flexibility index (Phi) is 5.44. The highest BCUT2D eigenvalue weighted by atomic mass is 16.5. The van der Waals surface area contributed by atoms with E-state index in [1.807, 2.05) is 36.4 Å². The molecule has 0 saturated carbocycles. The lowest BCUT2D eigenvalue weighted by molar-refractivity contribution is 0.227. The number of benzene rings is 2. The highest BCUT2D eigenvalue weighted by molar-refractivity contribution is 5.95. The molecule has 2 aromatic carbocycles. The molecular weight excluding hydrogens is 392 g/mol. The third kappa shape index (κ3) is 3.82. The number of aromatic hydroxyl groups is 1. The number of azo groups is 1. The quantitative estimate of drug-likeness (QED) is 0.593. The second-order valence-electron chi connectivity index (χ2n) is 7.86. The van der Waals surface area contributed by atoms with E-state index in [4.69, 9.17) is 9.15 Å². The number of nitrogens with one attached hydrogen (secondary N) is 1. The van der Waals surface area contributed by atoms with Gasteiger partial charge in [0.05, 0.1) is 28.9 Å². The summed E-state index contributed by atoms with van der Waals surface area (Å²) in [4.78, 5) is 2.38. The number of piperazine rings is 1. The molecule has 5 rings (SSSR count). The molecule has 0 radical (unpaired) electrons. The number of hydrogen-bond donors (Lipinski definition) is 2. The van der Waals surface area contributed by atoms with Gasteiger partial charge in [-0.05, 0) is 24.6 Å². The number of nitrogens with zero attached hydrogens (tertiary/aromatic N) is 3. The standard InChI is InChI=1S/C24H26N4O3/c1-2-13-30-21-8-7-17-23(29)22(14-20-16-5-3-4-6-19(16)26-27-20)31-24(17)18(21)15-28-11-9-25-10-12-28/h3-8,14,25,29H,2,9-13,15H2,1H3. The van der Waals surface area contributed by atoms with E-state index in [9.17, 15) is 5.11 Å². The summed E-state index contributed by atoms with van der Waals surface area (Å²) in [6.45, 7) is 7.29. The van der Waals surface area contributed by atoms with Gasteiger partial charge in [-0.2, -0.15) is 0 Å². The van der Waals surface area contributed by atoms with Gasteiger partial charge in [-0.15, -0.1) is 10.2 Å². The van der Waals surface area contributed by atoms with Crippen LogP contribution in [-0.2, 0) is 6.54 Å². The summed E-state index contributed by atoms with van der Waals surface area (Å²) >= 11 is 0. The molecule has 7 heteroatoms. The summed E-state index contributed by atoms with van der Waals surface area (Å²) in [5.41, 5.74) is 4.06. The van der Waals surface area contributed by atoms with Gasteiger partial charge in [-0.3, -0.25) is 4.90 Å². The van der Waals surface area contributed by atoms with Crippen molar-refractivity contribution in [2.45, 2.75) is 19.9 Å². The molecule has 160 valence electrons. The lowest BCUT2D eigenvalue weighted by atomic mass is 10.1. The van der Waals surface area contributed by atoms with Crippen LogP contribution in [0.3, 0.4) is 0 Å². The Balaban J connectivity index is 1.57. The van der Waals surface area contributed by atoms with Gasteiger partial charge < -0.3 is 19.6 Å². The first-order valence-corrected chi connectivity index (χ1v) is 10.8. The Bertz CT molecular complexity index is 1160. The molecule has 7 nitrogen and oxygen atoms in total. The predicted octanol–water partition coefficient (Wildman–Crippen LogP) is 4.93. The zero-order chi connectivity index (χ0) is 21.2. The number of furan rings is 1. The normalized spacial score (nSPS) is 17.5. The molecule has 3 heterocycles. The van der Waals surface area contributed by atoms with Crippen LogP contribution >= 0.6 is 0 Å². The molecule has 2 N–H and O–H groups in total. The van der Waals surface area contributed by atoms with E-state index in [0.29, 0.717) is 35.6 Å². The number of ether oxygens (including phenoxy) is 1. The van der Waals surface area contributed by atoms with Crippen molar-refractivity contribution in [1.29, 1.82) is 0 Å². The van der Waals surface area contributed by atoms with Crippen molar-refractivity contribution >= 4 is 28.4 Å². The van der Waals surface area contributed by atoms with Crippen LogP contribution in [0, 0.1) is 0 Å². The molecule has 1 saturated heterocycles. The Hall–Kier alpha value is -3.16. The minimum atomic E-state index is 0.116. The van der Waals surface area contributed by atoms with Gasteiger partial charge in [0, 0.05) is 44.4 Å². The average Bonchev–Trinajstić information content (AvgIpc) is 3.35. The minimum absolute atomic E-state index is 0.116. The third-order valence-corrected chi connectivity index (χ3v) is 5.68. The van der Waals surface area contributed by atoms with E-state index < -0.39 is 0 Å². The van der Waals surface area contributed by atoms with Crippen LogP contribution in [0.2, 0.25) is 0 Å². The monoisotopic (exact) mass is 418 g/mol. The van der Waals surface area contributed by atoms with Crippen molar-refractivity contribution in [3.8, 4) is 11.5 Å². The zero-order valence-electron chi connectivity index (χ0n) is 17.6. The fraction of sp³-hybridized carbons (Fsp3) is 0.333. The molecule has 0 unspecified atom stereocenters. The Morgan fingerprint density at radius 1 is 1.16 bits per heavy atom. The molecule has 0 spiro atoms. The summed E-state index contributed by atoms with van der Waals surface area (Å²) in [6, 6.07) is 11.6. The number of rotatable bonds is 6. The molecule has 0 atom stereocenters. The molecule has 2 aliphatic rings. The van der Waals surface area contributed by atoms with Gasteiger partial charge in [0.1, 0.15) is 11.3 Å². The summed E-state index contributed by atoms with van der Waals surface area (Å²) in [6.07, 6.45) is 2.68. The maximum Gasteiger partial charge on any atom is 0.172 e. The molecule has 1 fully saturated rings. The number of hydrogen-bond acceptors (Lipinski definition) is 7. The van der Waals surface area contributed by atoms with Crippen molar-refractivity contribution < 1.29 is 14.3 Å². The van der Waals surface area contributed by atoms with Crippen molar-refractivity contribution in [1.82, 2.24) is 10.2 Å². The molecule has 2 aliphatic heterocycles. The Morgan fingerprint density at radius 3 is 2.84 bits per heavy atom. The molecular formula is C24H26N4O3. The lowest BCUT2D eigenvalue weighted by Crippen LogP contribution is -2.42. The highest BCUT2D eigenvalue weighted by Gasteiger charge is 2.23. The van der Waals surface area contributed by atoms with Crippen LogP contribution in [0.5, 0.6) is 11.5 Å². The molecule has 31 heavy (non-hydrogen) atoms. The average molecular weight is 418 g/mol. The van der Waals surface area contributed by atoms with Crippen LogP contribution in [0.1, 0.15) is 30.2 Å². The summed E-state index contributed by atoms with van der Waals surface area (Å²) < 4.78 is 12.3. The first-order chi connectivity index (χ1) is 15.2. The highest BCUT2D eigenvalue weighted by Crippen LogP contribution is 2.42. The van der Waals surface area contributed by atoms with Crippen molar-refractivity contribution in [3.05, 3.63) is 53.3 Å². The van der Waals surface area contributed by atoms with Crippen LogP contribution in [0.25, 0.3) is 22.7 Å². The second-order valence-corrected chi connectivity index (χ2v) is 7.86. The van der Waals surface area contributed by atoms with Gasteiger partial charge in [0.2, 0.25) is 0 Å². The first-order valence-electron chi connectivity index (χ1n) is 10.8. The van der Waals surface area contributed by atoms with Crippen molar-refractivity contribution in [3.63, 3.8) is 0 Å². The third-order valence-electron chi connectivity index (χ3n) is 5.68. The van der Waals surface area contributed by atoms with Crippen LogP contribution in [0.4, 0.5) is 5.69 Å². The summed E-state index contributed by atoms with van der Waals surface area (Å²) in [5.74, 6) is 1.31. The Morgan fingerprint density at radius 2 is 2.00 bits per heavy atom. The van der Waals surface area contributed by atoms with E-state index in [-0.39, 0.29) is 5.75 Å². The van der Waals surface area contributed by atoms with E-state index in [1.165, 1.54) is 0 Å². The van der Waals surface area contributed by atoms with E-state index in [0.717, 1.165) is 55.2 Å². The molecule has 0 bridgehead atoms. The van der Waals surface area contributed by atoms with Crippen molar-refractivity contribution in [2.75, 3.05) is 32.8 Å². The topological polar surface area (TPSA) is 82.6 Å². The van der Waals surface area contributed by atoms with Crippen LogP contribution in [-0.4, -0.2) is 42.8 Å². The van der Waals surface area contributed by atoms with Crippen LogP contribution in [0.15, 0.2) is 51.0 Å². The molecule has 1 aromatic heterocycles. The summed E-state index contributed by atoms with van der Waals surface area (Å²) in [7, 11) is 0. The largest absolute Gasteiger partial charge is 0.504 e. The van der Waals surface area contributed by atoms with E-state index in [1.54, 1.807) is 6.08 Å². The maximum absolute atomic E-state index is 10.9. The van der Waals surface area contributed by atoms with Gasteiger partial charge in [0.15, 0.2) is 11.5 Å². The van der Waals surface area contributed by atoms with Crippen molar-refractivity contribution in [2.24, 2.45) is 10.2 Å². The van der Waals surface area contributed by atoms with Gasteiger partial charge in [0.25, 0.3) is 0 Å². The number of fused-ring (bicyclic) bond motifs is 2. The van der Waals surface area contributed by atoms with Gasteiger partial charge >= 0.3 is 0 Å². The predicted molar refractivity (Wildman–Crippen MR) is 121 cm³/mol. The maximum atomic E-state index is 10.9. The molecule has 3 aromatic rings. The fourth-order valence-electron chi connectivity index (χ4n) is 4.06. The van der Waals surface area contributed by atoms with Gasteiger partial charge in [-0.1, -0.05) is 25.1 Å². The first kappa shape index (κ1) is 19.8. The zero-order valence-corrected chi connectivity index (χ0v) is 17.6. The molecule has 0 amide bonds. The molecule has 0 aliphatic carbocycles. The van der Waals surface area contributed by atoms with Gasteiger partial charge in [-0.25, -0.2) is 0 Å². The SMILES string of the molecule is CCCOc1ccc2c(O)c(C=C3N=Nc4ccccc43)oc2c1CN1CCNCC1. The Labute approximate surface area is 181 Å². The van der Waals surface area contributed by atoms with Crippen LogP contribution < -0.4 is 10.1 Å². The van der Waals surface area contributed by atoms with E-state index in [2.05, 4.69) is 27.4 Å². The smallest absolute Gasteiger partial charge is 0.172 e. The summed E-state index contributed by atoms with van der Waals surface area (Å²) in [5, 5.41) is 23.5. The fourth-order valence-corrected chi connectivity index (χ4v) is 4.06. The second kappa shape index (κ2) is 8.53.